The molecular weight excluding hydrogens is 433 g/mol. The van der Waals surface area contributed by atoms with Gasteiger partial charge in [0.25, 0.3) is 0 Å². The zero-order valence-corrected chi connectivity index (χ0v) is 17.0. The molecule has 0 radical (unpaired) electrons. The summed E-state index contributed by atoms with van der Waals surface area (Å²) < 4.78 is 1.99. The van der Waals surface area contributed by atoms with Crippen molar-refractivity contribution in [3.05, 3.63) is 34.6 Å². The molecule has 2 N–H and O–H groups in total. The van der Waals surface area contributed by atoms with Gasteiger partial charge in [-0.1, -0.05) is 64.7 Å². The maximum atomic E-state index is 6.05. The monoisotopic (exact) mass is 447 g/mol. The number of imidazole rings is 1. The summed E-state index contributed by atoms with van der Waals surface area (Å²) in [6.07, 6.45) is 1.44. The maximum absolute atomic E-state index is 6.05. The smallest absolute Gasteiger partial charge is 0.175 e. The zero-order valence-electron chi connectivity index (χ0n) is 13.1. The predicted octanol–water partition coefficient (Wildman–Crippen LogP) is 5.29. The fourth-order valence-electron chi connectivity index (χ4n) is 1.99. The fraction of sp³-hybridized carbons (Fsp3) is 0.267. The lowest BCUT2D eigenvalue weighted by molar-refractivity contribution is 0.705. The lowest BCUT2D eigenvalue weighted by Gasteiger charge is -2.06. The van der Waals surface area contributed by atoms with Crippen LogP contribution in [0.25, 0.3) is 11.2 Å². The van der Waals surface area contributed by atoms with Crippen LogP contribution in [0.2, 0.25) is 10.0 Å². The van der Waals surface area contributed by atoms with Gasteiger partial charge in [-0.3, -0.25) is 0 Å². The molecule has 0 aliphatic carbocycles. The average Bonchev–Trinajstić information content (AvgIpc) is 2.88. The molecule has 9 heteroatoms. The first kappa shape index (κ1) is 19.3. The molecule has 0 bridgehead atoms. The van der Waals surface area contributed by atoms with Crippen molar-refractivity contribution in [1.82, 2.24) is 19.5 Å². The van der Waals surface area contributed by atoms with E-state index in [1.807, 2.05) is 30.5 Å². The summed E-state index contributed by atoms with van der Waals surface area (Å²) in [6, 6.07) is 5.37. The molecule has 24 heavy (non-hydrogen) atoms. The number of halogens is 3. The van der Waals surface area contributed by atoms with E-state index < -0.39 is 0 Å². The minimum atomic E-state index is 0.365. The zero-order chi connectivity index (χ0) is 17.7. The van der Waals surface area contributed by atoms with Crippen molar-refractivity contribution in [2.75, 3.05) is 11.1 Å². The first-order chi connectivity index (χ1) is 11.6. The molecule has 0 amide bonds. The van der Waals surface area contributed by atoms with E-state index in [1.54, 1.807) is 6.07 Å². The second kappa shape index (κ2) is 8.89. The molecule has 0 fully saturated rings. The Kier molecular flexibility index (Phi) is 7.16. The van der Waals surface area contributed by atoms with Gasteiger partial charge in [-0.05, 0) is 18.2 Å². The molecule has 0 aliphatic heterocycles. The minimum Gasteiger partial charge on any atom is -0.382 e. The maximum Gasteiger partial charge on any atom is 0.175 e. The van der Waals surface area contributed by atoms with Crippen molar-refractivity contribution in [1.29, 1.82) is 0 Å². The molecule has 0 saturated carbocycles. The Balaban J connectivity index is 0.00000100. The fourth-order valence-corrected chi connectivity index (χ4v) is 4.01. The lowest BCUT2D eigenvalue weighted by atomic mass is 10.4. The Labute approximate surface area is 163 Å². The Morgan fingerprint density at radius 1 is 1.17 bits per heavy atom. The number of benzene rings is 1. The van der Waals surface area contributed by atoms with Crippen LogP contribution in [0.3, 0.4) is 0 Å². The van der Waals surface area contributed by atoms with Crippen LogP contribution in [0.1, 0.15) is 13.8 Å². The van der Waals surface area contributed by atoms with E-state index in [4.69, 9.17) is 28.9 Å². The summed E-state index contributed by atoms with van der Waals surface area (Å²) in [5.41, 5.74) is 7.19. The normalized spacial score (nSPS) is 10.5. The largest absolute Gasteiger partial charge is 0.382 e. The predicted molar refractivity (Wildman–Crippen MR) is 105 cm³/mol. The molecule has 2 heterocycles. The number of aromatic nitrogens is 4. The van der Waals surface area contributed by atoms with Crippen LogP contribution in [0.4, 0.5) is 5.82 Å². The Hall–Kier alpha value is -1.02. The van der Waals surface area contributed by atoms with E-state index in [0.29, 0.717) is 33.6 Å². The van der Waals surface area contributed by atoms with Gasteiger partial charge in [-0.25, -0.2) is 15.0 Å². The van der Waals surface area contributed by atoms with Gasteiger partial charge in [0, 0.05) is 26.8 Å². The molecule has 2 aromatic heterocycles. The third kappa shape index (κ3) is 4.33. The van der Waals surface area contributed by atoms with Crippen molar-refractivity contribution < 1.29 is 0 Å². The van der Waals surface area contributed by atoms with E-state index in [9.17, 15) is 0 Å². The summed E-state index contributed by atoms with van der Waals surface area (Å²) in [4.78, 5) is 13.7. The van der Waals surface area contributed by atoms with Gasteiger partial charge in [-0.15, -0.1) is 0 Å². The van der Waals surface area contributed by atoms with Crippen LogP contribution in [0.5, 0.6) is 0 Å². The van der Waals surface area contributed by atoms with Gasteiger partial charge in [0.05, 0.1) is 0 Å². The van der Waals surface area contributed by atoms with Gasteiger partial charge in [0.2, 0.25) is 0 Å². The van der Waals surface area contributed by atoms with Crippen LogP contribution >= 0.6 is 50.9 Å². The van der Waals surface area contributed by atoms with Crippen molar-refractivity contribution >= 4 is 67.9 Å². The Morgan fingerprint density at radius 3 is 2.46 bits per heavy atom. The van der Waals surface area contributed by atoms with E-state index in [0.717, 1.165) is 15.4 Å². The van der Waals surface area contributed by atoms with Crippen molar-refractivity contribution in [2.24, 2.45) is 0 Å². The number of nitrogen functional groups attached to an aromatic ring is 1. The molecule has 0 spiro atoms. The number of nitrogens with zero attached hydrogens (tertiary/aromatic N) is 4. The lowest BCUT2D eigenvalue weighted by Crippen LogP contribution is -2.02. The molecule has 1 aromatic carbocycles. The first-order valence-electron chi connectivity index (χ1n) is 7.25. The van der Waals surface area contributed by atoms with Crippen molar-refractivity contribution in [2.45, 2.75) is 30.4 Å². The summed E-state index contributed by atoms with van der Waals surface area (Å²) >= 11 is 17.0. The van der Waals surface area contributed by atoms with E-state index in [1.165, 1.54) is 18.1 Å². The molecule has 0 unspecified atom stereocenters. The average molecular weight is 449 g/mol. The molecule has 3 aromatic rings. The number of nitrogens with two attached hydrogens (primary N) is 1. The van der Waals surface area contributed by atoms with Gasteiger partial charge >= 0.3 is 0 Å². The van der Waals surface area contributed by atoms with Crippen molar-refractivity contribution in [3.63, 3.8) is 0 Å². The Morgan fingerprint density at radius 2 is 1.83 bits per heavy atom. The molecule has 0 saturated heterocycles. The number of fused-ring (bicyclic) bond motifs is 1. The van der Waals surface area contributed by atoms with Crippen LogP contribution in [-0.4, -0.2) is 24.8 Å². The van der Waals surface area contributed by atoms with Gasteiger partial charge in [0.1, 0.15) is 6.33 Å². The van der Waals surface area contributed by atoms with Gasteiger partial charge in [-0.2, -0.15) is 0 Å². The Bertz CT molecular complexity index is 820. The number of rotatable bonds is 4. The summed E-state index contributed by atoms with van der Waals surface area (Å²) in [5.74, 6) is 0.365. The van der Waals surface area contributed by atoms with E-state index in [-0.39, 0.29) is 0 Å². The third-order valence-corrected chi connectivity index (χ3v) is 4.64. The number of anilines is 1. The number of hydrogen-bond acceptors (Lipinski definition) is 5. The summed E-state index contributed by atoms with van der Waals surface area (Å²) in [7, 11) is 0. The molecular formula is C15H16BrCl2N5S. The van der Waals surface area contributed by atoms with Crippen LogP contribution in [0.15, 0.2) is 34.6 Å². The summed E-state index contributed by atoms with van der Waals surface area (Å²) in [5, 5.41) is 2.70. The van der Waals surface area contributed by atoms with Crippen LogP contribution in [-0.2, 0) is 6.54 Å². The summed E-state index contributed by atoms with van der Waals surface area (Å²) in [6.45, 7) is 4.71. The second-order valence-electron chi connectivity index (χ2n) is 4.37. The molecule has 0 aliphatic rings. The highest BCUT2D eigenvalue weighted by molar-refractivity contribution is 9.09. The van der Waals surface area contributed by atoms with Gasteiger partial charge < -0.3 is 10.3 Å². The minimum absolute atomic E-state index is 0.365. The quantitative estimate of drug-likeness (QED) is 0.549. The third-order valence-electron chi connectivity index (χ3n) is 2.88. The van der Waals surface area contributed by atoms with E-state index in [2.05, 4.69) is 30.9 Å². The highest BCUT2D eigenvalue weighted by Gasteiger charge is 2.15. The first-order valence-corrected chi connectivity index (χ1v) is 9.94. The van der Waals surface area contributed by atoms with Crippen molar-refractivity contribution in [3.8, 4) is 0 Å². The molecule has 5 nitrogen and oxygen atoms in total. The molecule has 128 valence electrons. The highest BCUT2D eigenvalue weighted by Crippen LogP contribution is 2.33. The van der Waals surface area contributed by atoms with Crippen LogP contribution in [0, 0.1) is 0 Å². The van der Waals surface area contributed by atoms with Gasteiger partial charge in [0.15, 0.2) is 22.1 Å². The number of aryl methyl sites for hydroxylation is 1. The topological polar surface area (TPSA) is 69.6 Å². The standard InChI is InChI=1S/C13H10BrCl2N5S.C2H6/c14-1-2-21-12-10(11(17)18-6-19-12)20-13(21)22-9-4-7(15)3-8(16)5-9;1-2/h3-6H,1-2H2,(H2,17,18,19);1-2H3. The number of hydrogen-bond donors (Lipinski definition) is 1. The second-order valence-corrected chi connectivity index (χ2v) is 7.08. The molecule has 3 rings (SSSR count). The SMILES string of the molecule is CC.Nc1ncnc2c1nc(Sc1cc(Cl)cc(Cl)c1)n2CCBr. The van der Waals surface area contributed by atoms with Crippen LogP contribution < -0.4 is 5.73 Å². The highest BCUT2D eigenvalue weighted by atomic mass is 79.9. The number of alkyl halides is 1. The molecule has 0 atom stereocenters. The van der Waals surface area contributed by atoms with E-state index >= 15 is 0 Å².